The van der Waals surface area contributed by atoms with Crippen molar-refractivity contribution in [3.05, 3.63) is 0 Å². The van der Waals surface area contributed by atoms with Crippen LogP contribution in [0.25, 0.3) is 0 Å². The van der Waals surface area contributed by atoms with Gasteiger partial charge in [-0.25, -0.2) is 0 Å². The van der Waals surface area contributed by atoms with E-state index in [0.29, 0.717) is 19.8 Å². The Bertz CT molecular complexity index is 211. The van der Waals surface area contributed by atoms with Crippen LogP contribution in [-0.2, 0) is 9.47 Å². The van der Waals surface area contributed by atoms with Crippen LogP contribution >= 0.6 is 0 Å². The van der Waals surface area contributed by atoms with E-state index in [4.69, 9.17) is 14.7 Å². The summed E-state index contributed by atoms with van der Waals surface area (Å²) >= 11 is 0. The van der Waals surface area contributed by atoms with E-state index >= 15 is 0 Å². The Morgan fingerprint density at radius 2 is 1.60 bits per heavy atom. The van der Waals surface area contributed by atoms with E-state index in [9.17, 15) is 0 Å². The van der Waals surface area contributed by atoms with Crippen LogP contribution in [0.2, 0.25) is 0 Å². The van der Waals surface area contributed by atoms with Crippen molar-refractivity contribution >= 4 is 0 Å². The SMILES string of the molecule is CC(C)(C#N)CCOCCOC(C)(C)C. The van der Waals surface area contributed by atoms with Crippen molar-refractivity contribution in [2.75, 3.05) is 19.8 Å². The highest BCUT2D eigenvalue weighted by Crippen LogP contribution is 2.17. The van der Waals surface area contributed by atoms with Gasteiger partial charge in [-0.3, -0.25) is 0 Å². The van der Waals surface area contributed by atoms with Crippen molar-refractivity contribution in [1.29, 1.82) is 5.26 Å². The Balaban J connectivity index is 3.38. The van der Waals surface area contributed by atoms with E-state index < -0.39 is 0 Å². The molecule has 0 aromatic heterocycles. The first-order valence-electron chi connectivity index (χ1n) is 5.40. The van der Waals surface area contributed by atoms with Gasteiger partial charge >= 0.3 is 0 Å². The second-order valence-corrected chi connectivity index (χ2v) is 5.32. The Kier molecular flexibility index (Phi) is 5.85. The molecule has 3 heteroatoms. The van der Waals surface area contributed by atoms with Crippen LogP contribution in [0, 0.1) is 16.7 Å². The monoisotopic (exact) mass is 213 g/mol. The van der Waals surface area contributed by atoms with Crippen molar-refractivity contribution < 1.29 is 9.47 Å². The molecule has 3 nitrogen and oxygen atoms in total. The van der Waals surface area contributed by atoms with Crippen LogP contribution in [0.3, 0.4) is 0 Å². The van der Waals surface area contributed by atoms with Gasteiger partial charge in [0.1, 0.15) is 0 Å². The maximum Gasteiger partial charge on any atom is 0.0707 e. The Labute approximate surface area is 93.4 Å². The smallest absolute Gasteiger partial charge is 0.0707 e. The Morgan fingerprint density at radius 3 is 2.07 bits per heavy atom. The molecule has 0 spiro atoms. The number of nitrogens with zero attached hydrogens (tertiary/aromatic N) is 1. The third-order valence-corrected chi connectivity index (χ3v) is 1.94. The first-order valence-corrected chi connectivity index (χ1v) is 5.40. The van der Waals surface area contributed by atoms with Crippen molar-refractivity contribution in [3.8, 4) is 6.07 Å². The topological polar surface area (TPSA) is 42.2 Å². The van der Waals surface area contributed by atoms with E-state index in [1.807, 2.05) is 34.6 Å². The summed E-state index contributed by atoms with van der Waals surface area (Å²) in [4.78, 5) is 0. The van der Waals surface area contributed by atoms with Gasteiger partial charge in [-0.15, -0.1) is 0 Å². The largest absolute Gasteiger partial charge is 0.379 e. The zero-order valence-electron chi connectivity index (χ0n) is 10.6. The summed E-state index contributed by atoms with van der Waals surface area (Å²) < 4.78 is 10.9. The van der Waals surface area contributed by atoms with Crippen molar-refractivity contribution in [3.63, 3.8) is 0 Å². The summed E-state index contributed by atoms with van der Waals surface area (Å²) in [5.41, 5.74) is -0.389. The lowest BCUT2D eigenvalue weighted by Gasteiger charge is -2.20. The fourth-order valence-corrected chi connectivity index (χ4v) is 0.892. The fraction of sp³-hybridized carbons (Fsp3) is 0.917. The highest BCUT2D eigenvalue weighted by atomic mass is 16.5. The van der Waals surface area contributed by atoms with Gasteiger partial charge in [-0.05, 0) is 41.0 Å². The average Bonchev–Trinajstić information content (AvgIpc) is 2.09. The third-order valence-electron chi connectivity index (χ3n) is 1.94. The molecule has 0 aliphatic rings. The second-order valence-electron chi connectivity index (χ2n) is 5.32. The summed E-state index contributed by atoms with van der Waals surface area (Å²) in [5.74, 6) is 0. The first-order chi connectivity index (χ1) is 6.77. The molecule has 0 aliphatic carbocycles. The Morgan fingerprint density at radius 1 is 1.00 bits per heavy atom. The highest BCUT2D eigenvalue weighted by Gasteiger charge is 2.15. The van der Waals surface area contributed by atoms with Crippen LogP contribution in [0.15, 0.2) is 0 Å². The molecule has 15 heavy (non-hydrogen) atoms. The summed E-state index contributed by atoms with van der Waals surface area (Å²) in [6.45, 7) is 11.7. The van der Waals surface area contributed by atoms with Gasteiger partial charge in [0.2, 0.25) is 0 Å². The standard InChI is InChI=1S/C12H23NO2/c1-11(2,3)15-9-8-14-7-6-12(4,5)10-13/h6-9H2,1-5H3. The van der Waals surface area contributed by atoms with Crippen LogP contribution in [0.1, 0.15) is 41.0 Å². The Hall–Kier alpha value is -0.590. The van der Waals surface area contributed by atoms with Crippen molar-refractivity contribution in [2.24, 2.45) is 5.41 Å². The maximum absolute atomic E-state index is 8.77. The molecule has 0 amide bonds. The summed E-state index contributed by atoms with van der Waals surface area (Å²) in [6, 6.07) is 2.25. The van der Waals surface area contributed by atoms with Crippen LogP contribution in [0.5, 0.6) is 0 Å². The zero-order valence-corrected chi connectivity index (χ0v) is 10.6. The van der Waals surface area contributed by atoms with E-state index in [1.165, 1.54) is 0 Å². The van der Waals surface area contributed by atoms with Crippen molar-refractivity contribution in [1.82, 2.24) is 0 Å². The minimum atomic E-state index is -0.287. The predicted molar refractivity (Wildman–Crippen MR) is 60.5 cm³/mol. The van der Waals surface area contributed by atoms with Gasteiger partial charge in [0.05, 0.1) is 30.3 Å². The molecule has 0 atom stereocenters. The van der Waals surface area contributed by atoms with Gasteiger partial charge in [0, 0.05) is 6.61 Å². The minimum Gasteiger partial charge on any atom is -0.379 e. The van der Waals surface area contributed by atoms with E-state index in [-0.39, 0.29) is 11.0 Å². The highest BCUT2D eigenvalue weighted by molar-refractivity contribution is 4.91. The number of hydrogen-bond acceptors (Lipinski definition) is 3. The zero-order chi connectivity index (χ0) is 11.9. The van der Waals surface area contributed by atoms with Gasteiger partial charge in [-0.2, -0.15) is 5.26 Å². The van der Waals surface area contributed by atoms with Gasteiger partial charge < -0.3 is 9.47 Å². The number of hydrogen-bond donors (Lipinski definition) is 0. The lowest BCUT2D eigenvalue weighted by atomic mass is 9.92. The molecule has 0 aliphatic heterocycles. The molecule has 0 bridgehead atoms. The summed E-state index contributed by atoms with van der Waals surface area (Å²) in [6.07, 6.45) is 0.763. The van der Waals surface area contributed by atoms with Gasteiger partial charge in [0.15, 0.2) is 0 Å². The molecule has 0 radical (unpaired) electrons. The molecule has 88 valence electrons. The van der Waals surface area contributed by atoms with Gasteiger partial charge in [0.25, 0.3) is 0 Å². The molecular formula is C12H23NO2. The molecule has 0 unspecified atom stereocenters. The predicted octanol–water partition coefficient (Wildman–Crippen LogP) is 2.76. The molecule has 0 N–H and O–H groups in total. The normalized spacial score (nSPS) is 12.5. The average molecular weight is 213 g/mol. The lowest BCUT2D eigenvalue weighted by Crippen LogP contribution is -2.22. The molecular weight excluding hydrogens is 190 g/mol. The van der Waals surface area contributed by atoms with Gasteiger partial charge in [-0.1, -0.05) is 0 Å². The van der Waals surface area contributed by atoms with Crippen LogP contribution in [0.4, 0.5) is 0 Å². The van der Waals surface area contributed by atoms with Crippen LogP contribution < -0.4 is 0 Å². The van der Waals surface area contributed by atoms with E-state index in [1.54, 1.807) is 0 Å². The molecule has 0 rings (SSSR count). The molecule has 0 saturated carbocycles. The fourth-order valence-electron chi connectivity index (χ4n) is 0.892. The quantitative estimate of drug-likeness (QED) is 0.637. The second kappa shape index (κ2) is 6.09. The number of ether oxygens (including phenoxy) is 2. The molecule has 0 fully saturated rings. The number of rotatable bonds is 6. The van der Waals surface area contributed by atoms with Crippen LogP contribution in [-0.4, -0.2) is 25.4 Å². The first kappa shape index (κ1) is 14.4. The van der Waals surface area contributed by atoms with E-state index in [0.717, 1.165) is 6.42 Å². The van der Waals surface area contributed by atoms with E-state index in [2.05, 4.69) is 6.07 Å². The molecule has 0 aromatic carbocycles. The lowest BCUT2D eigenvalue weighted by molar-refractivity contribution is -0.0366. The summed E-state index contributed by atoms with van der Waals surface area (Å²) in [7, 11) is 0. The summed E-state index contributed by atoms with van der Waals surface area (Å²) in [5, 5.41) is 8.77. The maximum atomic E-state index is 8.77. The number of nitriles is 1. The molecule has 0 saturated heterocycles. The molecule has 0 aromatic rings. The minimum absolute atomic E-state index is 0.102. The van der Waals surface area contributed by atoms with Crippen molar-refractivity contribution in [2.45, 2.75) is 46.6 Å². The molecule has 0 heterocycles. The third kappa shape index (κ3) is 9.71.